The average molecular weight is 421 g/mol. The molecular weight excluding hydrogens is 398 g/mol. The zero-order valence-corrected chi connectivity index (χ0v) is 17.0. The lowest BCUT2D eigenvalue weighted by atomic mass is 9.50. The number of esters is 1. The number of carbonyl (C=O) groups is 1. The van der Waals surface area contributed by atoms with Crippen LogP contribution < -0.4 is 4.74 Å². The van der Waals surface area contributed by atoms with Crippen molar-refractivity contribution < 1.29 is 29.6 Å². The first-order valence-electron chi connectivity index (χ1n) is 10.5. The van der Waals surface area contributed by atoms with Crippen molar-refractivity contribution in [1.29, 1.82) is 0 Å². The van der Waals surface area contributed by atoms with Crippen molar-refractivity contribution in [3.63, 3.8) is 0 Å². The largest absolute Gasteiger partial charge is 0.508 e. The highest BCUT2D eigenvalue weighted by Crippen LogP contribution is 2.65. The molecule has 1 fully saturated rings. The minimum atomic E-state index is -1.09. The van der Waals surface area contributed by atoms with Gasteiger partial charge in [-0.3, -0.25) is 0 Å². The van der Waals surface area contributed by atoms with Gasteiger partial charge in [0.15, 0.2) is 17.6 Å². The SMILES string of the molecule is CN1CCC23c4c5ccc(O)c4OC2C(OC(=O)c2ccc(O)cc2)=CC[C@@]3(O)C1C5. The van der Waals surface area contributed by atoms with E-state index in [0.717, 1.165) is 17.7 Å². The molecule has 4 aliphatic rings. The van der Waals surface area contributed by atoms with Gasteiger partial charge in [-0.1, -0.05) is 6.07 Å². The Kier molecular flexibility index (Phi) is 3.63. The Bertz CT molecular complexity index is 1140. The van der Waals surface area contributed by atoms with Crippen molar-refractivity contribution in [3.05, 3.63) is 64.9 Å². The van der Waals surface area contributed by atoms with E-state index in [1.165, 1.54) is 24.3 Å². The summed E-state index contributed by atoms with van der Waals surface area (Å²) in [4.78, 5) is 15.0. The third-order valence-corrected chi connectivity index (χ3v) is 7.67. The minimum absolute atomic E-state index is 0.0338. The van der Waals surface area contributed by atoms with Gasteiger partial charge in [0.25, 0.3) is 0 Å². The number of aliphatic hydroxyl groups is 1. The number of benzene rings is 2. The standard InChI is InChI=1S/C24H23NO6/c1-25-11-10-23-19-14-4-7-16(27)20(19)31-21(23)17(8-9-24(23,29)18(25)12-14)30-22(28)13-2-5-15(26)6-3-13/h2-8,18,21,26-27,29H,9-12H2,1H3/t18?,21?,23?,24-/m1/s1. The number of piperidine rings is 1. The molecule has 0 radical (unpaired) electrons. The first kappa shape index (κ1) is 18.7. The summed E-state index contributed by atoms with van der Waals surface area (Å²) in [5.74, 6) is 0.283. The normalized spacial score (nSPS) is 32.6. The fourth-order valence-corrected chi connectivity index (χ4v) is 6.20. The number of likely N-dealkylation sites (tertiary alicyclic amines) is 1. The first-order valence-corrected chi connectivity index (χ1v) is 10.5. The number of nitrogens with zero attached hydrogens (tertiary/aromatic N) is 1. The number of phenols is 2. The fraction of sp³-hybridized carbons (Fsp3) is 0.375. The summed E-state index contributed by atoms with van der Waals surface area (Å²) in [6.45, 7) is 0.764. The van der Waals surface area contributed by atoms with Gasteiger partial charge >= 0.3 is 5.97 Å². The van der Waals surface area contributed by atoms with E-state index in [1.54, 1.807) is 12.1 Å². The maximum absolute atomic E-state index is 12.8. The lowest BCUT2D eigenvalue weighted by Gasteiger charge is -2.61. The monoisotopic (exact) mass is 421 g/mol. The Balaban J connectivity index is 1.47. The van der Waals surface area contributed by atoms with Crippen LogP contribution in [0.25, 0.3) is 0 Å². The molecule has 160 valence electrons. The number of ether oxygens (including phenoxy) is 2. The third-order valence-electron chi connectivity index (χ3n) is 7.67. The summed E-state index contributed by atoms with van der Waals surface area (Å²) in [5.41, 5.74) is 0.343. The molecule has 0 saturated carbocycles. The minimum Gasteiger partial charge on any atom is -0.508 e. The molecule has 1 spiro atoms. The maximum atomic E-state index is 12.8. The number of aromatic hydroxyl groups is 2. The van der Waals surface area contributed by atoms with Gasteiger partial charge < -0.3 is 29.7 Å². The number of phenolic OH excluding ortho intramolecular Hbond substituents is 2. The molecule has 0 amide bonds. The highest BCUT2D eigenvalue weighted by atomic mass is 16.6. The molecule has 2 aromatic carbocycles. The number of rotatable bonds is 2. The average Bonchev–Trinajstić information content (AvgIpc) is 3.11. The number of hydrogen-bond acceptors (Lipinski definition) is 7. The molecular formula is C24H23NO6. The number of carbonyl (C=O) groups excluding carboxylic acids is 1. The van der Waals surface area contributed by atoms with Crippen molar-refractivity contribution in [2.24, 2.45) is 0 Å². The van der Waals surface area contributed by atoms with Crippen LogP contribution in [-0.4, -0.2) is 57.5 Å². The van der Waals surface area contributed by atoms with Crippen LogP contribution >= 0.6 is 0 Å². The molecule has 1 saturated heterocycles. The zero-order chi connectivity index (χ0) is 21.5. The van der Waals surface area contributed by atoms with E-state index in [4.69, 9.17) is 9.47 Å². The van der Waals surface area contributed by atoms with Gasteiger partial charge in [0, 0.05) is 18.0 Å². The Morgan fingerprint density at radius 2 is 1.97 bits per heavy atom. The van der Waals surface area contributed by atoms with E-state index < -0.39 is 23.1 Å². The predicted octanol–water partition coefficient (Wildman–Crippen LogP) is 2.23. The van der Waals surface area contributed by atoms with E-state index >= 15 is 0 Å². The quantitative estimate of drug-likeness (QED) is 0.640. The lowest BCUT2D eigenvalue weighted by Crippen LogP contribution is -2.74. The van der Waals surface area contributed by atoms with E-state index in [-0.39, 0.29) is 17.5 Å². The zero-order valence-electron chi connectivity index (χ0n) is 17.0. The van der Waals surface area contributed by atoms with Crippen LogP contribution in [-0.2, 0) is 16.6 Å². The molecule has 31 heavy (non-hydrogen) atoms. The van der Waals surface area contributed by atoms with Gasteiger partial charge in [0.2, 0.25) is 0 Å². The summed E-state index contributed by atoms with van der Waals surface area (Å²) in [5, 5.41) is 32.1. The summed E-state index contributed by atoms with van der Waals surface area (Å²) in [7, 11) is 2.02. The Morgan fingerprint density at radius 3 is 2.74 bits per heavy atom. The van der Waals surface area contributed by atoms with Crippen molar-refractivity contribution >= 4 is 5.97 Å². The summed E-state index contributed by atoms with van der Waals surface area (Å²) >= 11 is 0. The van der Waals surface area contributed by atoms with Crippen LogP contribution in [0.1, 0.15) is 34.3 Å². The lowest BCUT2D eigenvalue weighted by molar-refractivity contribution is -0.163. The van der Waals surface area contributed by atoms with E-state index in [2.05, 4.69) is 4.90 Å². The van der Waals surface area contributed by atoms with E-state index in [1.807, 2.05) is 13.1 Å². The molecule has 2 aliphatic heterocycles. The van der Waals surface area contributed by atoms with E-state index in [0.29, 0.717) is 36.3 Å². The van der Waals surface area contributed by atoms with Crippen molar-refractivity contribution in [2.45, 2.75) is 42.4 Å². The molecule has 7 nitrogen and oxygen atoms in total. The molecule has 0 aromatic heterocycles. The van der Waals surface area contributed by atoms with Crippen molar-refractivity contribution in [2.75, 3.05) is 13.6 Å². The molecule has 6 rings (SSSR count). The topological polar surface area (TPSA) is 99.5 Å². The van der Waals surface area contributed by atoms with Gasteiger partial charge in [-0.25, -0.2) is 4.79 Å². The molecule has 2 aromatic rings. The van der Waals surface area contributed by atoms with Crippen LogP contribution in [0.15, 0.2) is 48.2 Å². The Hall–Kier alpha value is -3.03. The second kappa shape index (κ2) is 6.02. The van der Waals surface area contributed by atoms with Crippen molar-refractivity contribution in [1.82, 2.24) is 4.90 Å². The van der Waals surface area contributed by atoms with Crippen LogP contribution in [0.5, 0.6) is 17.2 Å². The highest BCUT2D eigenvalue weighted by molar-refractivity contribution is 5.90. The molecule has 4 atom stereocenters. The number of likely N-dealkylation sites (N-methyl/N-ethyl adjacent to an activating group) is 1. The Morgan fingerprint density at radius 1 is 1.19 bits per heavy atom. The highest BCUT2D eigenvalue weighted by Gasteiger charge is 2.72. The first-order chi connectivity index (χ1) is 14.8. The van der Waals surface area contributed by atoms with E-state index in [9.17, 15) is 20.1 Å². The van der Waals surface area contributed by atoms with Gasteiger partial charge in [-0.15, -0.1) is 0 Å². The molecule has 2 bridgehead atoms. The summed E-state index contributed by atoms with van der Waals surface area (Å²) in [6.07, 6.45) is 2.67. The van der Waals surface area contributed by atoms with Gasteiger partial charge in [0.05, 0.1) is 16.6 Å². The second-order valence-electron chi connectivity index (χ2n) is 9.04. The molecule has 2 heterocycles. The smallest absolute Gasteiger partial charge is 0.343 e. The van der Waals surface area contributed by atoms with Crippen LogP contribution in [0, 0.1) is 0 Å². The summed E-state index contributed by atoms with van der Waals surface area (Å²) in [6, 6.07) is 9.30. The second-order valence-corrected chi connectivity index (χ2v) is 9.04. The van der Waals surface area contributed by atoms with Crippen LogP contribution in [0.4, 0.5) is 0 Å². The number of hydrogen-bond donors (Lipinski definition) is 3. The van der Waals surface area contributed by atoms with Crippen LogP contribution in [0.3, 0.4) is 0 Å². The molecule has 3 unspecified atom stereocenters. The van der Waals surface area contributed by atoms with Gasteiger partial charge in [-0.2, -0.15) is 0 Å². The molecule has 3 N–H and O–H groups in total. The van der Waals surface area contributed by atoms with Crippen molar-refractivity contribution in [3.8, 4) is 17.2 Å². The fourth-order valence-electron chi connectivity index (χ4n) is 6.20. The molecule has 2 aliphatic carbocycles. The Labute approximate surface area is 179 Å². The summed E-state index contributed by atoms with van der Waals surface area (Å²) < 4.78 is 12.0. The van der Waals surface area contributed by atoms with Gasteiger partial charge in [-0.05, 0) is 68.4 Å². The third kappa shape index (κ3) is 2.22. The predicted molar refractivity (Wildman–Crippen MR) is 110 cm³/mol. The van der Waals surface area contributed by atoms with Crippen LogP contribution in [0.2, 0.25) is 0 Å². The van der Waals surface area contributed by atoms with Gasteiger partial charge in [0.1, 0.15) is 11.5 Å². The molecule has 7 heteroatoms. The maximum Gasteiger partial charge on any atom is 0.343 e.